The Labute approximate surface area is 221 Å². The average Bonchev–Trinajstić information content (AvgIpc) is 2.99. The smallest absolute Gasteiger partial charge is 0.104 e. The van der Waals surface area contributed by atoms with Gasteiger partial charge in [-0.15, -0.1) is 0 Å². The highest BCUT2D eigenvalue weighted by atomic mass is 32.3. The molecule has 1 nitrogen and oxygen atoms in total. The zero-order valence-electron chi connectivity index (χ0n) is 27.5. The van der Waals surface area contributed by atoms with Crippen LogP contribution in [0.5, 0.6) is 0 Å². The minimum absolute atomic E-state index is 0.0800. The summed E-state index contributed by atoms with van der Waals surface area (Å²) >= 11 is 0. The molecular weight excluding hydrogens is 480 g/mol. The van der Waals surface area contributed by atoms with E-state index < -0.39 is 15.5 Å². The first-order chi connectivity index (χ1) is 14.3. The number of hydrogen-bond acceptors (Lipinski definition) is 1. The van der Waals surface area contributed by atoms with Crippen LogP contribution in [0.15, 0.2) is 0 Å². The van der Waals surface area contributed by atoms with Crippen LogP contribution in [0.4, 0.5) is 0 Å². The van der Waals surface area contributed by atoms with Gasteiger partial charge >= 0.3 is 0 Å². The summed E-state index contributed by atoms with van der Waals surface area (Å²) < 4.78 is 0. The number of hydrogen-bond donors (Lipinski definition) is 1. The first kappa shape index (κ1) is 33.3. The van der Waals surface area contributed by atoms with Crippen molar-refractivity contribution in [2.75, 3.05) is 0 Å². The second-order valence-electron chi connectivity index (χ2n) is 18.4. The van der Waals surface area contributed by atoms with Gasteiger partial charge < -0.3 is 5.32 Å². The summed E-state index contributed by atoms with van der Waals surface area (Å²) in [5, 5.41) is 6.52. The van der Waals surface area contributed by atoms with Crippen LogP contribution >= 0.6 is 14.3 Å². The van der Waals surface area contributed by atoms with E-state index in [4.69, 9.17) is 0 Å². The molecule has 0 saturated carbocycles. The van der Waals surface area contributed by atoms with Crippen LogP contribution < -0.4 is 5.32 Å². The van der Waals surface area contributed by atoms with Crippen LogP contribution in [0.3, 0.4) is 0 Å². The Kier molecular flexibility index (Phi) is 8.71. The van der Waals surface area contributed by atoms with Gasteiger partial charge in [-0.05, 0) is 51.0 Å². The van der Waals surface area contributed by atoms with Crippen molar-refractivity contribution in [1.29, 1.82) is 0 Å². The molecule has 1 fully saturated rings. The molecule has 0 radical (unpaired) electrons. The summed E-state index contributed by atoms with van der Waals surface area (Å²) in [6.45, 7) is 54.6. The molecule has 1 heterocycles. The Morgan fingerprint density at radius 2 is 0.559 bits per heavy atom. The monoisotopic (exact) mass is 545 g/mol. The molecule has 1 saturated heterocycles. The molecule has 5 heteroatoms. The Bertz CT molecular complexity index is 597. The van der Waals surface area contributed by atoms with Gasteiger partial charge in [0.15, 0.2) is 0 Å². The lowest BCUT2D eigenvalue weighted by Gasteiger charge is -2.63. The molecule has 0 bridgehead atoms. The second-order valence-corrected chi connectivity index (χ2v) is 44.8. The normalized spacial score (nSPS) is 24.4. The molecule has 0 aliphatic carbocycles. The van der Waals surface area contributed by atoms with Crippen molar-refractivity contribution in [3.05, 3.63) is 0 Å². The van der Waals surface area contributed by atoms with Crippen LogP contribution in [-0.2, 0) is 0 Å². The van der Waals surface area contributed by atoms with Gasteiger partial charge in [-0.1, -0.05) is 139 Å². The van der Waals surface area contributed by atoms with Crippen molar-refractivity contribution in [1.82, 2.24) is 5.32 Å². The predicted molar refractivity (Wildman–Crippen MR) is 170 cm³/mol. The Morgan fingerprint density at radius 3 is 0.676 bits per heavy atom. The summed E-state index contributed by atoms with van der Waals surface area (Å²) in [5.74, 6) is 0. The first-order valence-corrected chi connectivity index (χ1v) is 22.9. The summed E-state index contributed by atoms with van der Waals surface area (Å²) in [4.78, 5) is 0. The minimum atomic E-state index is -1.87. The van der Waals surface area contributed by atoms with Crippen LogP contribution in [0, 0.1) is 0 Å². The van der Waals surface area contributed by atoms with Crippen LogP contribution in [0.1, 0.15) is 145 Å². The molecule has 1 aliphatic rings. The van der Waals surface area contributed by atoms with Crippen molar-refractivity contribution in [3.63, 3.8) is 0 Å². The lowest BCUT2D eigenvalue weighted by atomic mass is 10.1. The molecule has 34 heavy (non-hydrogen) atoms. The van der Waals surface area contributed by atoms with E-state index in [0.29, 0.717) is 30.2 Å². The summed E-state index contributed by atoms with van der Waals surface area (Å²) in [6, 6.07) is 0. The lowest BCUT2D eigenvalue weighted by molar-refractivity contribution is 0.451. The van der Waals surface area contributed by atoms with E-state index in [1.807, 2.05) is 0 Å². The van der Waals surface area contributed by atoms with E-state index in [0.717, 1.165) is 5.52 Å². The van der Waals surface area contributed by atoms with E-state index in [-0.39, 0.29) is 19.9 Å². The second kappa shape index (κ2) is 8.90. The molecule has 0 amide bonds. The third-order valence-electron chi connectivity index (χ3n) is 8.40. The van der Waals surface area contributed by atoms with Gasteiger partial charge in [0.2, 0.25) is 0 Å². The molecular formula is C29H65NP2Si2. The van der Waals surface area contributed by atoms with Gasteiger partial charge in [0.25, 0.3) is 0 Å². The highest BCUT2D eigenvalue weighted by molar-refractivity contribution is 8.69. The van der Waals surface area contributed by atoms with Crippen LogP contribution in [-0.4, -0.2) is 26.5 Å². The van der Waals surface area contributed by atoms with Gasteiger partial charge in [-0.3, -0.25) is 0 Å². The van der Waals surface area contributed by atoms with Gasteiger partial charge in [-0.25, -0.2) is 0 Å². The quantitative estimate of drug-likeness (QED) is 0.275. The lowest BCUT2D eigenvalue weighted by Crippen LogP contribution is -2.57. The Morgan fingerprint density at radius 1 is 0.382 bits per heavy atom. The van der Waals surface area contributed by atoms with E-state index in [2.05, 4.69) is 151 Å². The van der Waals surface area contributed by atoms with E-state index in [9.17, 15) is 0 Å². The maximum atomic E-state index is 4.36. The summed E-state index contributed by atoms with van der Waals surface area (Å²) in [6.07, 6.45) is 0. The van der Waals surface area contributed by atoms with Gasteiger partial charge in [-0.2, -0.15) is 0 Å². The maximum Gasteiger partial charge on any atom is 0.104 e. The van der Waals surface area contributed by atoms with Crippen molar-refractivity contribution >= 4 is 29.8 Å². The fourth-order valence-corrected chi connectivity index (χ4v) is 88.9. The van der Waals surface area contributed by atoms with E-state index in [1.54, 1.807) is 0 Å². The predicted octanol–water partition coefficient (Wildman–Crippen LogP) is 12.2. The van der Waals surface area contributed by atoms with Gasteiger partial charge in [0.1, 0.15) is 15.5 Å². The molecule has 1 rings (SSSR count). The number of rotatable bonds is 3. The topological polar surface area (TPSA) is 12.0 Å². The molecule has 1 N–H and O–H groups in total. The van der Waals surface area contributed by atoms with Crippen molar-refractivity contribution in [3.8, 4) is 0 Å². The fraction of sp³-hybridized carbons (Fsp3) is 1.00. The zero-order chi connectivity index (χ0) is 27.9. The molecule has 2 unspecified atom stereocenters. The van der Waals surface area contributed by atoms with Crippen molar-refractivity contribution in [2.45, 2.75) is 187 Å². The standard InChI is InChI=1S/C29H65NP2Si2/c1-23(2,3)30-22-31(33(24(4,5)6,25(7,8)9)26(10,11)12)32(22)34(27(13,14)15,28(16,17)18)29(19,20)21/h22,30H,1-21H3. The van der Waals surface area contributed by atoms with Crippen molar-refractivity contribution in [2.24, 2.45) is 0 Å². The summed E-state index contributed by atoms with van der Waals surface area (Å²) in [5.41, 5.74) is 0.905. The van der Waals surface area contributed by atoms with Crippen LogP contribution in [0.2, 0.25) is 30.2 Å². The first-order valence-electron chi connectivity index (χ1n) is 13.7. The molecule has 0 aromatic rings. The molecule has 0 spiro atoms. The zero-order valence-corrected chi connectivity index (χ0v) is 31.3. The SMILES string of the molecule is CC(C)(C)NC1P([Si](C(C)(C)C)(C(C)(C)C)C(C)(C)C)P1[Si](C(C)(C)C)(C(C)(C)C)C(C)(C)C. The Balaban J connectivity index is 4.28. The highest BCUT2D eigenvalue weighted by Gasteiger charge is 2.81. The third kappa shape index (κ3) is 5.11. The minimum Gasteiger partial charge on any atom is -0.302 e. The van der Waals surface area contributed by atoms with Gasteiger partial charge in [0.05, 0.1) is 0 Å². The van der Waals surface area contributed by atoms with E-state index in [1.165, 1.54) is 0 Å². The molecule has 2 atom stereocenters. The van der Waals surface area contributed by atoms with E-state index >= 15 is 0 Å². The van der Waals surface area contributed by atoms with Crippen molar-refractivity contribution < 1.29 is 0 Å². The third-order valence-corrected chi connectivity index (χ3v) is 57.5. The molecule has 0 aromatic carbocycles. The Hall–Kier alpha value is 1.25. The molecule has 0 aromatic heterocycles. The summed E-state index contributed by atoms with van der Waals surface area (Å²) in [7, 11) is -3.91. The van der Waals surface area contributed by atoms with Gasteiger partial charge in [0, 0.05) is 11.1 Å². The fourth-order valence-electron chi connectivity index (χ4n) is 10.2. The largest absolute Gasteiger partial charge is 0.302 e. The van der Waals surface area contributed by atoms with Crippen LogP contribution in [0.25, 0.3) is 0 Å². The average molecular weight is 546 g/mol. The molecule has 204 valence electrons. The number of nitrogens with one attached hydrogen (secondary N) is 1. The molecule has 1 aliphatic heterocycles. The maximum absolute atomic E-state index is 4.36. The highest BCUT2D eigenvalue weighted by Crippen LogP contribution is 3.09.